The summed E-state index contributed by atoms with van der Waals surface area (Å²) in [6.45, 7) is 6.34. The first-order chi connectivity index (χ1) is 11.8. The number of hydrogen-bond donors (Lipinski definition) is 0. The minimum absolute atomic E-state index is 0.00769. The van der Waals surface area contributed by atoms with E-state index >= 15 is 0 Å². The quantitative estimate of drug-likeness (QED) is 0.565. The van der Waals surface area contributed by atoms with Crippen LogP contribution in [0.2, 0.25) is 0 Å². The molecule has 2 rings (SSSR count). The van der Waals surface area contributed by atoms with Crippen molar-refractivity contribution in [1.82, 2.24) is 4.90 Å². The van der Waals surface area contributed by atoms with E-state index in [9.17, 15) is 14.4 Å². The van der Waals surface area contributed by atoms with Crippen LogP contribution in [0.25, 0.3) is 0 Å². The number of nitrogens with zero attached hydrogens (tertiary/aromatic N) is 1. The summed E-state index contributed by atoms with van der Waals surface area (Å²) >= 11 is 0. The van der Waals surface area contributed by atoms with Crippen LogP contribution >= 0.6 is 0 Å². The van der Waals surface area contributed by atoms with Gasteiger partial charge in [0.2, 0.25) is 5.91 Å². The van der Waals surface area contributed by atoms with Crippen molar-refractivity contribution in [3.05, 3.63) is 12.2 Å². The highest BCUT2D eigenvalue weighted by atomic mass is 16.6. The molecule has 0 radical (unpaired) electrons. The van der Waals surface area contributed by atoms with Gasteiger partial charge in [0.15, 0.2) is 0 Å². The summed E-state index contributed by atoms with van der Waals surface area (Å²) in [4.78, 5) is 38.6. The maximum atomic E-state index is 12.4. The molecule has 0 aromatic rings. The molecule has 1 saturated heterocycles. The molecule has 0 saturated carbocycles. The highest BCUT2D eigenvalue weighted by Crippen LogP contribution is 2.22. The largest absolute Gasteiger partial charge is 0.463 e. The lowest BCUT2D eigenvalue weighted by Gasteiger charge is -2.26. The first kappa shape index (κ1) is 19.5. The predicted molar refractivity (Wildman–Crippen MR) is 92.6 cm³/mol. The van der Waals surface area contributed by atoms with Gasteiger partial charge < -0.3 is 14.4 Å². The fraction of sp³-hybridized carbons (Fsp3) is 0.737. The molecule has 0 aromatic heterocycles. The first-order valence-corrected chi connectivity index (χ1v) is 9.09. The Morgan fingerprint density at radius 1 is 1.32 bits per heavy atom. The zero-order chi connectivity index (χ0) is 18.4. The summed E-state index contributed by atoms with van der Waals surface area (Å²) in [5.41, 5.74) is -0.576. The van der Waals surface area contributed by atoms with Crippen LogP contribution < -0.4 is 0 Å². The number of esters is 2. The summed E-state index contributed by atoms with van der Waals surface area (Å²) in [6.07, 6.45) is 7.09. The van der Waals surface area contributed by atoms with E-state index in [0.29, 0.717) is 19.3 Å². The molecule has 2 heterocycles. The smallest absolute Gasteiger partial charge is 0.309 e. The van der Waals surface area contributed by atoms with Crippen molar-refractivity contribution in [2.45, 2.75) is 70.9 Å². The molecule has 2 atom stereocenters. The Morgan fingerprint density at radius 2 is 2.08 bits per heavy atom. The van der Waals surface area contributed by atoms with Gasteiger partial charge in [0.25, 0.3) is 0 Å². The fourth-order valence-corrected chi connectivity index (χ4v) is 3.21. The SMILES string of the molecule is CC(C)(C)OC(=O)C[C@@H]1CC=CCCC(=O)N2CCC[C@H]2COC1=O. The van der Waals surface area contributed by atoms with E-state index < -0.39 is 23.5 Å². The average molecular weight is 351 g/mol. The van der Waals surface area contributed by atoms with Crippen molar-refractivity contribution in [3.63, 3.8) is 0 Å². The summed E-state index contributed by atoms with van der Waals surface area (Å²) in [6, 6.07) is -0.0398. The summed E-state index contributed by atoms with van der Waals surface area (Å²) in [5.74, 6) is -1.21. The lowest BCUT2D eigenvalue weighted by atomic mass is 10.0. The van der Waals surface area contributed by atoms with Gasteiger partial charge in [-0.3, -0.25) is 14.4 Å². The van der Waals surface area contributed by atoms with Crippen LogP contribution in [0.15, 0.2) is 12.2 Å². The van der Waals surface area contributed by atoms with Crippen molar-refractivity contribution in [3.8, 4) is 0 Å². The van der Waals surface area contributed by atoms with Crippen LogP contribution in [-0.2, 0) is 23.9 Å². The van der Waals surface area contributed by atoms with Gasteiger partial charge in [-0.05, 0) is 46.5 Å². The zero-order valence-corrected chi connectivity index (χ0v) is 15.5. The van der Waals surface area contributed by atoms with Gasteiger partial charge in [0.1, 0.15) is 12.2 Å². The van der Waals surface area contributed by atoms with Gasteiger partial charge in [0, 0.05) is 13.0 Å². The molecule has 6 heteroatoms. The second-order valence-electron chi connectivity index (χ2n) is 7.75. The topological polar surface area (TPSA) is 72.9 Å². The highest BCUT2D eigenvalue weighted by molar-refractivity contribution is 5.80. The molecule has 1 fully saturated rings. The number of allylic oxidation sites excluding steroid dienone is 2. The van der Waals surface area contributed by atoms with Crippen molar-refractivity contribution >= 4 is 17.8 Å². The number of carbonyl (C=O) groups is 3. The second-order valence-corrected chi connectivity index (χ2v) is 7.75. The van der Waals surface area contributed by atoms with Gasteiger partial charge in [0.05, 0.1) is 18.4 Å². The van der Waals surface area contributed by atoms with Crippen molar-refractivity contribution in [1.29, 1.82) is 0 Å². The molecular weight excluding hydrogens is 322 g/mol. The third-order valence-electron chi connectivity index (χ3n) is 4.39. The molecule has 2 aliphatic rings. The number of rotatable bonds is 2. The van der Waals surface area contributed by atoms with Gasteiger partial charge in [-0.25, -0.2) is 0 Å². The van der Waals surface area contributed by atoms with E-state index in [1.54, 1.807) is 20.8 Å². The van der Waals surface area contributed by atoms with E-state index in [0.717, 1.165) is 19.4 Å². The second kappa shape index (κ2) is 8.50. The number of cyclic esters (lactones) is 1. The fourth-order valence-electron chi connectivity index (χ4n) is 3.21. The molecule has 0 aromatic carbocycles. The van der Waals surface area contributed by atoms with Crippen molar-refractivity contribution in [2.24, 2.45) is 5.92 Å². The highest BCUT2D eigenvalue weighted by Gasteiger charge is 2.31. The lowest BCUT2D eigenvalue weighted by molar-refractivity contribution is -0.162. The molecule has 0 aliphatic carbocycles. The van der Waals surface area contributed by atoms with Crippen LogP contribution in [-0.4, -0.2) is 47.5 Å². The molecule has 140 valence electrons. The van der Waals surface area contributed by atoms with E-state index in [-0.39, 0.29) is 25.0 Å². The number of hydrogen-bond acceptors (Lipinski definition) is 5. The van der Waals surface area contributed by atoms with Crippen LogP contribution in [0.5, 0.6) is 0 Å². The number of amides is 1. The molecule has 2 aliphatic heterocycles. The average Bonchev–Trinajstić information content (AvgIpc) is 2.96. The Bertz CT molecular complexity index is 534. The summed E-state index contributed by atoms with van der Waals surface area (Å²) in [7, 11) is 0. The standard InChI is InChI=1S/C19H29NO5/c1-19(2,3)25-17(22)12-14-8-5-4-6-10-16(21)20-11-7-9-15(20)13-24-18(14)23/h4-5,14-15H,6-13H2,1-3H3/t14-,15-/m0/s1. The maximum Gasteiger partial charge on any atom is 0.309 e. The number of fused-ring (bicyclic) bond motifs is 1. The molecule has 0 N–H and O–H groups in total. The van der Waals surface area contributed by atoms with Gasteiger partial charge in [-0.1, -0.05) is 12.2 Å². The minimum Gasteiger partial charge on any atom is -0.463 e. The first-order valence-electron chi connectivity index (χ1n) is 9.09. The van der Waals surface area contributed by atoms with Crippen LogP contribution in [0.1, 0.15) is 59.3 Å². The van der Waals surface area contributed by atoms with E-state index in [1.165, 1.54) is 0 Å². The molecule has 0 unspecified atom stereocenters. The maximum absolute atomic E-state index is 12.4. The Balaban J connectivity index is 2.03. The molecular formula is C19H29NO5. The Morgan fingerprint density at radius 3 is 2.80 bits per heavy atom. The van der Waals surface area contributed by atoms with Crippen molar-refractivity contribution in [2.75, 3.05) is 13.2 Å². The Kier molecular flexibility index (Phi) is 6.62. The number of carbonyl (C=O) groups excluding carboxylic acids is 3. The van der Waals surface area contributed by atoms with E-state index in [4.69, 9.17) is 9.47 Å². The van der Waals surface area contributed by atoms with Gasteiger partial charge in [-0.2, -0.15) is 0 Å². The summed E-state index contributed by atoms with van der Waals surface area (Å²) in [5, 5.41) is 0. The van der Waals surface area contributed by atoms with Crippen LogP contribution in [0, 0.1) is 5.92 Å². The predicted octanol–water partition coefficient (Wildman–Crippen LogP) is 2.61. The lowest BCUT2D eigenvalue weighted by Crippen LogP contribution is -2.39. The zero-order valence-electron chi connectivity index (χ0n) is 15.5. The minimum atomic E-state index is -0.576. The summed E-state index contributed by atoms with van der Waals surface area (Å²) < 4.78 is 10.8. The van der Waals surface area contributed by atoms with E-state index in [1.807, 2.05) is 17.1 Å². The third kappa shape index (κ3) is 6.18. The van der Waals surface area contributed by atoms with E-state index in [2.05, 4.69) is 0 Å². The van der Waals surface area contributed by atoms with Gasteiger partial charge in [-0.15, -0.1) is 0 Å². The molecule has 0 spiro atoms. The third-order valence-corrected chi connectivity index (χ3v) is 4.39. The molecule has 25 heavy (non-hydrogen) atoms. The monoisotopic (exact) mass is 351 g/mol. The van der Waals surface area contributed by atoms with Gasteiger partial charge >= 0.3 is 11.9 Å². The number of ether oxygens (including phenoxy) is 2. The molecule has 1 amide bonds. The molecule has 0 bridgehead atoms. The van der Waals surface area contributed by atoms with Crippen LogP contribution in [0.3, 0.4) is 0 Å². The Hall–Kier alpha value is -1.85. The Labute approximate surface area is 149 Å². The van der Waals surface area contributed by atoms with Crippen molar-refractivity contribution < 1.29 is 23.9 Å². The van der Waals surface area contributed by atoms with Crippen LogP contribution in [0.4, 0.5) is 0 Å². The molecule has 6 nitrogen and oxygen atoms in total. The normalized spacial score (nSPS) is 25.6.